The van der Waals surface area contributed by atoms with Crippen LogP contribution in [0.15, 0.2) is 48.5 Å². The summed E-state index contributed by atoms with van der Waals surface area (Å²) in [6, 6.07) is 16.3. The Bertz CT molecular complexity index is 974. The molecule has 0 saturated heterocycles. The molecule has 2 aromatic rings. The van der Waals surface area contributed by atoms with Crippen LogP contribution >= 0.6 is 0 Å². The van der Waals surface area contributed by atoms with E-state index in [9.17, 15) is 14.4 Å². The number of aliphatic carboxylic acids is 1. The minimum Gasteiger partial charge on any atom is -0.481 e. The molecule has 2 amide bonds. The summed E-state index contributed by atoms with van der Waals surface area (Å²) in [6.45, 7) is 6.58. The van der Waals surface area contributed by atoms with Crippen LogP contribution in [0.4, 0.5) is 4.79 Å². The van der Waals surface area contributed by atoms with Crippen molar-refractivity contribution in [2.45, 2.75) is 52.0 Å². The quantitative estimate of drug-likeness (QED) is 0.502. The number of amides is 2. The Hall–Kier alpha value is -3.35. The van der Waals surface area contributed by atoms with Crippen molar-refractivity contribution in [3.63, 3.8) is 0 Å². The molecule has 0 radical (unpaired) electrons. The minimum absolute atomic E-state index is 0.0162. The summed E-state index contributed by atoms with van der Waals surface area (Å²) < 4.78 is 5.55. The molecule has 7 nitrogen and oxygen atoms in total. The molecule has 2 N–H and O–H groups in total. The van der Waals surface area contributed by atoms with Crippen molar-refractivity contribution in [2.75, 3.05) is 19.7 Å². The van der Waals surface area contributed by atoms with Gasteiger partial charge in [-0.25, -0.2) is 4.79 Å². The Kier molecular flexibility index (Phi) is 8.68. The van der Waals surface area contributed by atoms with Crippen LogP contribution in [-0.4, -0.2) is 53.7 Å². The first-order valence-electron chi connectivity index (χ1n) is 11.9. The zero-order valence-corrected chi connectivity index (χ0v) is 20.1. The number of hydrogen-bond acceptors (Lipinski definition) is 4. The minimum atomic E-state index is -0.918. The molecule has 0 saturated carbocycles. The molecule has 182 valence electrons. The van der Waals surface area contributed by atoms with Crippen LogP contribution in [0.1, 0.15) is 57.1 Å². The van der Waals surface area contributed by atoms with E-state index in [0.717, 1.165) is 0 Å². The number of nitrogens with one attached hydrogen (secondary N) is 1. The molecule has 0 fully saturated rings. The van der Waals surface area contributed by atoms with E-state index in [1.54, 1.807) is 4.90 Å². The van der Waals surface area contributed by atoms with Gasteiger partial charge in [-0.05, 0) is 48.4 Å². The summed E-state index contributed by atoms with van der Waals surface area (Å²) in [5, 5.41) is 11.7. The molecule has 1 aliphatic carbocycles. The van der Waals surface area contributed by atoms with Crippen molar-refractivity contribution in [1.82, 2.24) is 10.2 Å². The van der Waals surface area contributed by atoms with Crippen molar-refractivity contribution in [3.05, 3.63) is 59.7 Å². The Morgan fingerprint density at radius 2 is 1.59 bits per heavy atom. The lowest BCUT2D eigenvalue weighted by molar-refractivity contribution is -0.139. The SMILES string of the molecule is CC(CCNC(=O)OCC1c2ccccc2-c2ccccc21)CC(=O)N(CCC(=O)O)C(C)C. The van der Waals surface area contributed by atoms with Gasteiger partial charge in [0.15, 0.2) is 0 Å². The molecule has 0 heterocycles. The number of ether oxygens (including phenoxy) is 1. The Labute approximate surface area is 201 Å². The summed E-state index contributed by atoms with van der Waals surface area (Å²) in [7, 11) is 0. The van der Waals surface area contributed by atoms with Crippen molar-refractivity contribution in [1.29, 1.82) is 0 Å². The number of rotatable bonds is 11. The van der Waals surface area contributed by atoms with Gasteiger partial charge in [0.2, 0.25) is 5.91 Å². The number of benzene rings is 2. The molecule has 34 heavy (non-hydrogen) atoms. The van der Waals surface area contributed by atoms with Gasteiger partial charge in [-0.2, -0.15) is 0 Å². The molecule has 0 aromatic heterocycles. The van der Waals surface area contributed by atoms with Crippen molar-refractivity contribution < 1.29 is 24.2 Å². The summed E-state index contributed by atoms with van der Waals surface area (Å²) >= 11 is 0. The van der Waals surface area contributed by atoms with Crippen LogP contribution in [0.25, 0.3) is 11.1 Å². The van der Waals surface area contributed by atoms with E-state index in [1.165, 1.54) is 22.3 Å². The number of fused-ring (bicyclic) bond motifs is 3. The maximum atomic E-state index is 12.6. The van der Waals surface area contributed by atoms with Gasteiger partial charge in [0, 0.05) is 31.5 Å². The first-order chi connectivity index (χ1) is 16.3. The highest BCUT2D eigenvalue weighted by atomic mass is 16.5. The molecule has 0 bridgehead atoms. The van der Waals surface area contributed by atoms with Crippen LogP contribution < -0.4 is 5.32 Å². The zero-order chi connectivity index (χ0) is 24.7. The smallest absolute Gasteiger partial charge is 0.407 e. The van der Waals surface area contributed by atoms with Gasteiger partial charge in [0.1, 0.15) is 6.61 Å². The van der Waals surface area contributed by atoms with Crippen molar-refractivity contribution in [2.24, 2.45) is 5.92 Å². The van der Waals surface area contributed by atoms with Crippen LogP contribution in [-0.2, 0) is 14.3 Å². The monoisotopic (exact) mass is 466 g/mol. The lowest BCUT2D eigenvalue weighted by Gasteiger charge is -2.27. The van der Waals surface area contributed by atoms with Crippen LogP contribution in [0.3, 0.4) is 0 Å². The molecule has 1 atom stereocenters. The van der Waals surface area contributed by atoms with E-state index in [1.807, 2.05) is 45.0 Å². The average molecular weight is 467 g/mol. The fraction of sp³-hybridized carbons (Fsp3) is 0.444. The number of nitrogens with zero attached hydrogens (tertiary/aromatic N) is 1. The third-order valence-corrected chi connectivity index (χ3v) is 6.28. The zero-order valence-electron chi connectivity index (χ0n) is 20.1. The topological polar surface area (TPSA) is 95.9 Å². The first-order valence-corrected chi connectivity index (χ1v) is 11.9. The third kappa shape index (κ3) is 6.37. The number of carbonyl (C=O) groups excluding carboxylic acids is 2. The molecule has 1 aliphatic rings. The van der Waals surface area contributed by atoms with Gasteiger partial charge in [-0.1, -0.05) is 55.5 Å². The van der Waals surface area contributed by atoms with E-state index < -0.39 is 12.1 Å². The lowest BCUT2D eigenvalue weighted by Crippen LogP contribution is -2.39. The largest absolute Gasteiger partial charge is 0.481 e. The van der Waals surface area contributed by atoms with E-state index in [-0.39, 0.29) is 43.4 Å². The van der Waals surface area contributed by atoms with E-state index in [0.29, 0.717) is 19.4 Å². The second kappa shape index (κ2) is 11.7. The van der Waals surface area contributed by atoms with Gasteiger partial charge < -0.3 is 20.1 Å². The summed E-state index contributed by atoms with van der Waals surface area (Å²) in [6.07, 6.45) is 0.401. The standard InChI is InChI=1S/C27H34N2O5/c1-18(2)29(15-13-26(31)32)25(30)16-19(3)12-14-28-27(33)34-17-24-22-10-6-4-8-20(22)21-9-5-7-11-23(21)24/h4-11,18-19,24H,12-17H2,1-3H3,(H,28,33)(H,31,32). The van der Waals surface area contributed by atoms with Gasteiger partial charge >= 0.3 is 12.1 Å². The maximum absolute atomic E-state index is 12.6. The lowest BCUT2D eigenvalue weighted by atomic mass is 9.98. The summed E-state index contributed by atoms with van der Waals surface area (Å²) in [5.74, 6) is -0.918. The normalized spacial score (nSPS) is 13.2. The van der Waals surface area contributed by atoms with Crippen LogP contribution in [0.2, 0.25) is 0 Å². The number of hydrogen-bond donors (Lipinski definition) is 2. The highest BCUT2D eigenvalue weighted by Crippen LogP contribution is 2.44. The van der Waals surface area contributed by atoms with Gasteiger partial charge in [-0.3, -0.25) is 9.59 Å². The molecular formula is C27H34N2O5. The second-order valence-corrected chi connectivity index (χ2v) is 9.17. The van der Waals surface area contributed by atoms with E-state index >= 15 is 0 Å². The summed E-state index contributed by atoms with van der Waals surface area (Å²) in [4.78, 5) is 37.3. The van der Waals surface area contributed by atoms with Gasteiger partial charge in [0.05, 0.1) is 6.42 Å². The number of alkyl carbamates (subject to hydrolysis) is 1. The maximum Gasteiger partial charge on any atom is 0.407 e. The van der Waals surface area contributed by atoms with Crippen LogP contribution in [0.5, 0.6) is 0 Å². The number of carbonyl (C=O) groups is 3. The Balaban J connectivity index is 1.43. The first kappa shape index (κ1) is 25.3. The third-order valence-electron chi connectivity index (χ3n) is 6.28. The fourth-order valence-corrected chi connectivity index (χ4v) is 4.47. The van der Waals surface area contributed by atoms with Crippen LogP contribution in [0, 0.1) is 5.92 Å². The fourth-order valence-electron chi connectivity index (χ4n) is 4.47. The van der Waals surface area contributed by atoms with E-state index in [4.69, 9.17) is 9.84 Å². The molecule has 2 aromatic carbocycles. The molecule has 3 rings (SSSR count). The predicted molar refractivity (Wildman–Crippen MR) is 131 cm³/mol. The predicted octanol–water partition coefficient (Wildman–Crippen LogP) is 4.65. The Morgan fingerprint density at radius 1 is 1.00 bits per heavy atom. The number of carboxylic acids is 1. The highest BCUT2D eigenvalue weighted by molar-refractivity contribution is 5.79. The molecule has 1 unspecified atom stereocenters. The Morgan fingerprint density at radius 3 is 2.15 bits per heavy atom. The second-order valence-electron chi connectivity index (χ2n) is 9.17. The summed E-state index contributed by atoms with van der Waals surface area (Å²) in [5.41, 5.74) is 4.70. The van der Waals surface area contributed by atoms with Gasteiger partial charge in [0.25, 0.3) is 0 Å². The van der Waals surface area contributed by atoms with E-state index in [2.05, 4.69) is 29.6 Å². The molecule has 0 spiro atoms. The molecule has 0 aliphatic heterocycles. The highest BCUT2D eigenvalue weighted by Gasteiger charge is 2.29. The average Bonchev–Trinajstić information content (AvgIpc) is 3.11. The van der Waals surface area contributed by atoms with Crippen molar-refractivity contribution in [3.8, 4) is 11.1 Å². The van der Waals surface area contributed by atoms with Crippen molar-refractivity contribution >= 4 is 18.0 Å². The molecule has 7 heteroatoms. The molecular weight excluding hydrogens is 432 g/mol. The van der Waals surface area contributed by atoms with Gasteiger partial charge in [-0.15, -0.1) is 0 Å². The number of carboxylic acid groups (broad SMARTS) is 1.